The van der Waals surface area contributed by atoms with Gasteiger partial charge in [-0.3, -0.25) is 0 Å². The summed E-state index contributed by atoms with van der Waals surface area (Å²) >= 11 is 0. The van der Waals surface area contributed by atoms with E-state index in [1.54, 1.807) is 7.11 Å². The van der Waals surface area contributed by atoms with E-state index in [9.17, 15) is 4.79 Å². The van der Waals surface area contributed by atoms with Gasteiger partial charge >= 0.3 is 6.09 Å². The molecule has 0 fully saturated rings. The molecule has 0 aliphatic rings. The maximum absolute atomic E-state index is 12.0. The number of carbonyl (C=O) groups is 1. The van der Waals surface area contributed by atoms with Gasteiger partial charge in [0, 0.05) is 7.11 Å². The van der Waals surface area contributed by atoms with Crippen LogP contribution in [0.5, 0.6) is 0 Å². The van der Waals surface area contributed by atoms with Gasteiger partial charge in [-0.2, -0.15) is 0 Å². The Labute approximate surface area is 125 Å². The minimum atomic E-state index is -0.567. The first-order valence-electron chi connectivity index (χ1n) is 6.83. The van der Waals surface area contributed by atoms with Crippen LogP contribution in [0.1, 0.15) is 59.4 Å². The van der Waals surface area contributed by atoms with Crippen molar-refractivity contribution in [3.05, 3.63) is 11.8 Å². The second-order valence-corrected chi connectivity index (χ2v) is 6.91. The summed E-state index contributed by atoms with van der Waals surface area (Å²) in [5.74, 6) is 0.702. The fraction of sp³-hybridized carbons (Fsp3) is 0.786. The van der Waals surface area contributed by atoms with E-state index in [4.69, 9.17) is 13.9 Å². The van der Waals surface area contributed by atoms with Crippen LogP contribution in [-0.4, -0.2) is 29.0 Å². The van der Waals surface area contributed by atoms with Gasteiger partial charge in [0.15, 0.2) is 0 Å². The zero-order valence-electron chi connectivity index (χ0n) is 13.8. The molecule has 0 unspecified atom stereocenters. The van der Waals surface area contributed by atoms with Crippen molar-refractivity contribution in [2.24, 2.45) is 5.41 Å². The molecule has 1 rings (SSSR count). The van der Waals surface area contributed by atoms with Gasteiger partial charge in [0.25, 0.3) is 0 Å². The maximum atomic E-state index is 12.0. The van der Waals surface area contributed by atoms with Gasteiger partial charge in [-0.1, -0.05) is 20.8 Å². The van der Waals surface area contributed by atoms with E-state index < -0.39 is 17.7 Å². The second kappa shape index (κ2) is 6.43. The molecule has 0 radical (unpaired) electrons. The molecule has 0 aliphatic carbocycles. The van der Waals surface area contributed by atoms with Crippen molar-refractivity contribution in [1.29, 1.82) is 0 Å². The predicted octanol–water partition coefficient (Wildman–Crippen LogP) is 2.83. The zero-order chi connectivity index (χ0) is 16.3. The Hall–Kier alpha value is -1.63. The number of amides is 1. The van der Waals surface area contributed by atoms with Crippen LogP contribution in [0.15, 0.2) is 4.42 Å². The van der Waals surface area contributed by atoms with Crippen LogP contribution in [0, 0.1) is 5.41 Å². The Morgan fingerprint density at radius 2 is 1.86 bits per heavy atom. The highest BCUT2D eigenvalue weighted by molar-refractivity contribution is 5.68. The molecular weight excluding hydrogens is 274 g/mol. The lowest BCUT2D eigenvalue weighted by atomic mass is 9.87. The summed E-state index contributed by atoms with van der Waals surface area (Å²) in [6.07, 6.45) is -0.520. The first-order valence-corrected chi connectivity index (χ1v) is 6.83. The van der Waals surface area contributed by atoms with Gasteiger partial charge in [-0.25, -0.2) is 4.79 Å². The van der Waals surface area contributed by atoms with Gasteiger partial charge in [0.05, 0.1) is 0 Å². The Balaban J connectivity index is 2.88. The van der Waals surface area contributed by atoms with E-state index in [1.807, 2.05) is 41.5 Å². The van der Waals surface area contributed by atoms with Crippen molar-refractivity contribution in [3.63, 3.8) is 0 Å². The Kier molecular flexibility index (Phi) is 5.33. The number of aromatic nitrogens is 2. The highest BCUT2D eigenvalue weighted by Gasteiger charge is 2.34. The molecule has 0 saturated carbocycles. The number of nitrogens with one attached hydrogen (secondary N) is 1. The lowest BCUT2D eigenvalue weighted by molar-refractivity contribution is 0.0444. The molecule has 7 heteroatoms. The van der Waals surface area contributed by atoms with E-state index in [2.05, 4.69) is 15.5 Å². The molecule has 0 saturated heterocycles. The van der Waals surface area contributed by atoms with Crippen LogP contribution < -0.4 is 5.32 Å². The normalized spacial score (nSPS) is 13.9. The molecule has 1 atom stereocenters. The molecule has 0 spiro atoms. The van der Waals surface area contributed by atoms with Crippen molar-refractivity contribution in [2.45, 2.75) is 59.8 Å². The van der Waals surface area contributed by atoms with Gasteiger partial charge in [0.2, 0.25) is 11.8 Å². The van der Waals surface area contributed by atoms with E-state index in [0.29, 0.717) is 11.8 Å². The summed E-state index contributed by atoms with van der Waals surface area (Å²) in [6, 6.07) is -0.453. The molecule has 1 aromatic rings. The highest BCUT2D eigenvalue weighted by atomic mass is 16.6. The monoisotopic (exact) mass is 299 g/mol. The van der Waals surface area contributed by atoms with Gasteiger partial charge in [-0.05, 0) is 26.2 Å². The molecule has 1 heterocycles. The largest absolute Gasteiger partial charge is 0.444 e. The number of rotatable bonds is 4. The second-order valence-electron chi connectivity index (χ2n) is 6.91. The maximum Gasteiger partial charge on any atom is 0.408 e. The summed E-state index contributed by atoms with van der Waals surface area (Å²) in [5.41, 5.74) is -0.879. The summed E-state index contributed by atoms with van der Waals surface area (Å²) in [6.45, 7) is 11.6. The molecule has 7 nitrogen and oxygen atoms in total. The van der Waals surface area contributed by atoms with E-state index in [1.165, 1.54) is 0 Å². The average Bonchev–Trinajstić information content (AvgIpc) is 2.70. The van der Waals surface area contributed by atoms with Gasteiger partial charge in [0.1, 0.15) is 18.2 Å². The quantitative estimate of drug-likeness (QED) is 0.920. The number of methoxy groups -OCH3 is 1. The first-order chi connectivity index (χ1) is 9.53. The molecule has 1 N–H and O–H groups in total. The van der Waals surface area contributed by atoms with Crippen LogP contribution >= 0.6 is 0 Å². The number of ether oxygens (including phenoxy) is 2. The molecule has 0 aliphatic heterocycles. The molecule has 1 aromatic heterocycles. The fourth-order valence-electron chi connectivity index (χ4n) is 1.64. The molecule has 21 heavy (non-hydrogen) atoms. The fourth-order valence-corrected chi connectivity index (χ4v) is 1.64. The third-order valence-electron chi connectivity index (χ3n) is 2.52. The minimum Gasteiger partial charge on any atom is -0.444 e. The SMILES string of the molecule is COCc1nnc([C@@H](NC(=O)OC(C)(C)C)C(C)(C)C)o1. The van der Waals surface area contributed by atoms with Crippen LogP contribution in [0.4, 0.5) is 4.79 Å². The summed E-state index contributed by atoms with van der Waals surface area (Å²) in [5, 5.41) is 10.7. The first kappa shape index (κ1) is 17.4. The number of hydrogen-bond donors (Lipinski definition) is 1. The predicted molar refractivity (Wildman–Crippen MR) is 76.6 cm³/mol. The zero-order valence-corrected chi connectivity index (χ0v) is 13.8. The Morgan fingerprint density at radius 1 is 1.24 bits per heavy atom. The van der Waals surface area contributed by atoms with Crippen molar-refractivity contribution in [1.82, 2.24) is 15.5 Å². The molecule has 0 bridgehead atoms. The highest BCUT2D eigenvalue weighted by Crippen LogP contribution is 2.32. The third kappa shape index (κ3) is 5.71. The summed E-state index contributed by atoms with van der Waals surface area (Å²) in [7, 11) is 1.55. The number of hydrogen-bond acceptors (Lipinski definition) is 6. The van der Waals surface area contributed by atoms with Crippen molar-refractivity contribution in [2.75, 3.05) is 7.11 Å². The lowest BCUT2D eigenvalue weighted by Gasteiger charge is -2.29. The average molecular weight is 299 g/mol. The minimum absolute atomic E-state index is 0.232. The van der Waals surface area contributed by atoms with Crippen LogP contribution in [0.2, 0.25) is 0 Å². The Bertz CT molecular complexity index is 471. The molecular formula is C14H25N3O4. The Morgan fingerprint density at radius 3 is 2.33 bits per heavy atom. The van der Waals surface area contributed by atoms with E-state index in [-0.39, 0.29) is 12.0 Å². The van der Waals surface area contributed by atoms with Gasteiger partial charge in [-0.15, -0.1) is 10.2 Å². The summed E-state index contributed by atoms with van der Waals surface area (Å²) < 4.78 is 15.7. The standard InChI is InChI=1S/C14H25N3O4/c1-13(2,3)10(15-12(18)21-14(4,5)6)11-17-16-9(20-11)8-19-7/h10H,8H2,1-7H3,(H,15,18)/t10-/m1/s1. The number of carbonyl (C=O) groups excluding carboxylic acids is 1. The summed E-state index contributed by atoms with van der Waals surface area (Å²) in [4.78, 5) is 12.0. The smallest absolute Gasteiger partial charge is 0.408 e. The van der Waals surface area contributed by atoms with Crippen molar-refractivity contribution in [3.8, 4) is 0 Å². The topological polar surface area (TPSA) is 86.5 Å². The van der Waals surface area contributed by atoms with Crippen LogP contribution in [0.3, 0.4) is 0 Å². The van der Waals surface area contributed by atoms with Crippen molar-refractivity contribution < 1.29 is 18.7 Å². The van der Waals surface area contributed by atoms with Crippen LogP contribution in [0.25, 0.3) is 0 Å². The molecule has 120 valence electrons. The van der Waals surface area contributed by atoms with E-state index >= 15 is 0 Å². The number of nitrogens with zero attached hydrogens (tertiary/aromatic N) is 2. The number of alkyl carbamates (subject to hydrolysis) is 1. The lowest BCUT2D eigenvalue weighted by Crippen LogP contribution is -2.40. The molecule has 1 amide bonds. The molecule has 0 aromatic carbocycles. The van der Waals surface area contributed by atoms with Crippen molar-refractivity contribution >= 4 is 6.09 Å². The van der Waals surface area contributed by atoms with Gasteiger partial charge < -0.3 is 19.2 Å². The third-order valence-corrected chi connectivity index (χ3v) is 2.52. The van der Waals surface area contributed by atoms with E-state index in [0.717, 1.165) is 0 Å². The van der Waals surface area contributed by atoms with Crippen LogP contribution in [-0.2, 0) is 16.1 Å².